The van der Waals surface area contributed by atoms with Gasteiger partial charge in [0.1, 0.15) is 5.69 Å². The van der Waals surface area contributed by atoms with Gasteiger partial charge in [-0.3, -0.25) is 9.78 Å². The van der Waals surface area contributed by atoms with Crippen molar-refractivity contribution in [3.8, 4) is 0 Å². The van der Waals surface area contributed by atoms with Crippen molar-refractivity contribution in [2.75, 3.05) is 0 Å². The quantitative estimate of drug-likeness (QED) is 0.532. The van der Waals surface area contributed by atoms with Crippen LogP contribution in [0.1, 0.15) is 10.5 Å². The first-order chi connectivity index (χ1) is 5.96. The van der Waals surface area contributed by atoms with Gasteiger partial charge in [-0.2, -0.15) is 0 Å². The molecule has 0 radical (unpaired) electrons. The summed E-state index contributed by atoms with van der Waals surface area (Å²) in [6, 6.07) is 1.66. The summed E-state index contributed by atoms with van der Waals surface area (Å²) < 4.78 is 13.5. The molecule has 0 bridgehead atoms. The van der Waals surface area contributed by atoms with Gasteiger partial charge >= 0.3 is 0 Å². The number of hydrogen-bond acceptors (Lipinski definition) is 2. The van der Waals surface area contributed by atoms with Gasteiger partial charge in [0.15, 0.2) is 12.1 Å². The molecule has 1 heterocycles. The van der Waals surface area contributed by atoms with E-state index in [2.05, 4.69) is 4.98 Å². The van der Waals surface area contributed by atoms with Crippen LogP contribution >= 0.6 is 0 Å². The fourth-order valence-electron chi connectivity index (χ4n) is 1.12. The van der Waals surface area contributed by atoms with Crippen molar-refractivity contribution in [1.29, 1.82) is 0 Å². The second kappa shape index (κ2) is 3.37. The van der Waals surface area contributed by atoms with Crippen molar-refractivity contribution >= 4 is 19.5 Å². The van der Waals surface area contributed by atoms with Gasteiger partial charge in [-0.1, -0.05) is 19.6 Å². The number of nitrogens with zero attached hydrogens (tertiary/aromatic N) is 1. The van der Waals surface area contributed by atoms with E-state index in [0.29, 0.717) is 11.5 Å². The molecule has 0 N–H and O–H groups in total. The first-order valence-electron chi connectivity index (χ1n) is 4.07. The molecule has 70 valence electrons. The van der Waals surface area contributed by atoms with Crippen LogP contribution < -0.4 is 5.19 Å². The summed E-state index contributed by atoms with van der Waals surface area (Å²) in [6.07, 6.45) is 1.94. The molecule has 1 aromatic heterocycles. The summed E-state index contributed by atoms with van der Waals surface area (Å²) >= 11 is 0. The Morgan fingerprint density at radius 2 is 2.08 bits per heavy atom. The minimum absolute atomic E-state index is 0.0834. The second-order valence-corrected chi connectivity index (χ2v) is 8.96. The van der Waals surface area contributed by atoms with E-state index in [0.717, 1.165) is 0 Å². The molecule has 0 unspecified atom stereocenters. The molecule has 0 spiro atoms. The number of pyridine rings is 1. The molecule has 0 amide bonds. The Bertz CT molecular complexity index is 333. The van der Waals surface area contributed by atoms with E-state index in [1.807, 2.05) is 19.6 Å². The lowest BCUT2D eigenvalue weighted by Crippen LogP contribution is -2.40. The van der Waals surface area contributed by atoms with E-state index in [9.17, 15) is 9.18 Å². The number of carbonyl (C=O) groups is 1. The Balaban J connectivity index is 3.32. The highest BCUT2D eigenvalue weighted by Crippen LogP contribution is 2.06. The number of aldehydes is 1. The smallest absolute Gasteiger partial charge is 0.171 e. The molecule has 4 heteroatoms. The van der Waals surface area contributed by atoms with Crippen LogP contribution in [0.4, 0.5) is 4.39 Å². The first-order valence-corrected chi connectivity index (χ1v) is 7.57. The van der Waals surface area contributed by atoms with Gasteiger partial charge in [0, 0.05) is 6.20 Å². The van der Waals surface area contributed by atoms with Crippen LogP contribution in [-0.2, 0) is 0 Å². The van der Waals surface area contributed by atoms with Gasteiger partial charge in [0.25, 0.3) is 0 Å². The maximum Gasteiger partial charge on any atom is 0.171 e. The summed E-state index contributed by atoms with van der Waals surface area (Å²) in [5.74, 6) is -0.448. The predicted octanol–water partition coefficient (Wildman–Crippen LogP) is 1.58. The van der Waals surface area contributed by atoms with Crippen molar-refractivity contribution in [2.45, 2.75) is 19.6 Å². The molecular weight excluding hydrogens is 185 g/mol. The normalized spacial score (nSPS) is 11.4. The van der Waals surface area contributed by atoms with Crippen molar-refractivity contribution in [2.24, 2.45) is 0 Å². The van der Waals surface area contributed by atoms with Gasteiger partial charge < -0.3 is 0 Å². The van der Waals surface area contributed by atoms with Crippen molar-refractivity contribution in [3.63, 3.8) is 0 Å². The monoisotopic (exact) mass is 197 g/mol. The van der Waals surface area contributed by atoms with Crippen LogP contribution in [0.25, 0.3) is 0 Å². The number of halogens is 1. The third kappa shape index (κ3) is 2.01. The zero-order chi connectivity index (χ0) is 10.1. The maximum absolute atomic E-state index is 13.5. The van der Waals surface area contributed by atoms with E-state index in [-0.39, 0.29) is 5.69 Å². The molecule has 0 saturated carbocycles. The predicted molar refractivity (Wildman–Crippen MR) is 52.6 cm³/mol. The molecule has 0 aliphatic heterocycles. The molecule has 13 heavy (non-hydrogen) atoms. The Morgan fingerprint density at radius 1 is 1.46 bits per heavy atom. The van der Waals surface area contributed by atoms with Crippen LogP contribution in [0.5, 0.6) is 0 Å². The molecule has 1 aromatic rings. The second-order valence-electron chi connectivity index (χ2n) is 3.93. The van der Waals surface area contributed by atoms with Gasteiger partial charge in [0.05, 0.1) is 8.07 Å². The van der Waals surface area contributed by atoms with Crippen molar-refractivity contribution in [3.05, 3.63) is 23.8 Å². The van der Waals surface area contributed by atoms with Gasteiger partial charge in [-0.25, -0.2) is 4.39 Å². The van der Waals surface area contributed by atoms with E-state index in [4.69, 9.17) is 0 Å². The lowest BCUT2D eigenvalue weighted by atomic mass is 10.3. The Labute approximate surface area is 77.8 Å². The van der Waals surface area contributed by atoms with E-state index in [1.54, 1.807) is 6.07 Å². The minimum Gasteiger partial charge on any atom is -0.296 e. The Morgan fingerprint density at radius 3 is 2.54 bits per heavy atom. The van der Waals surface area contributed by atoms with E-state index < -0.39 is 13.9 Å². The lowest BCUT2D eigenvalue weighted by Gasteiger charge is -2.17. The number of hydrogen-bond donors (Lipinski definition) is 0. The third-order valence-electron chi connectivity index (χ3n) is 1.84. The van der Waals surface area contributed by atoms with Gasteiger partial charge in [-0.05, 0) is 11.3 Å². The first kappa shape index (κ1) is 10.1. The molecule has 2 nitrogen and oxygen atoms in total. The van der Waals surface area contributed by atoms with Crippen LogP contribution in [0.15, 0.2) is 12.3 Å². The van der Waals surface area contributed by atoms with Crippen molar-refractivity contribution < 1.29 is 9.18 Å². The summed E-state index contributed by atoms with van der Waals surface area (Å²) in [7, 11) is -1.70. The summed E-state index contributed by atoms with van der Waals surface area (Å²) in [5, 5.41) is 0.657. The fraction of sp³-hybridized carbons (Fsp3) is 0.333. The fourth-order valence-corrected chi connectivity index (χ4v) is 2.48. The topological polar surface area (TPSA) is 30.0 Å². The molecule has 0 aromatic carbocycles. The highest BCUT2D eigenvalue weighted by Gasteiger charge is 2.22. The van der Waals surface area contributed by atoms with Crippen LogP contribution in [0, 0.1) is 5.82 Å². The Hall–Kier alpha value is -1.03. The van der Waals surface area contributed by atoms with Gasteiger partial charge in [-0.15, -0.1) is 0 Å². The molecular formula is C9H12FNOSi. The molecule has 0 saturated heterocycles. The average molecular weight is 197 g/mol. The Kier molecular flexibility index (Phi) is 2.61. The van der Waals surface area contributed by atoms with E-state index >= 15 is 0 Å². The highest BCUT2D eigenvalue weighted by atomic mass is 28.3. The zero-order valence-corrected chi connectivity index (χ0v) is 8.97. The van der Waals surface area contributed by atoms with E-state index in [1.165, 1.54) is 6.20 Å². The summed E-state index contributed by atoms with van der Waals surface area (Å²) in [4.78, 5) is 14.1. The molecule has 0 aliphatic rings. The summed E-state index contributed by atoms with van der Waals surface area (Å²) in [6.45, 7) is 6.08. The zero-order valence-electron chi connectivity index (χ0n) is 7.97. The van der Waals surface area contributed by atoms with Crippen LogP contribution in [-0.4, -0.2) is 19.3 Å². The number of aromatic nitrogens is 1. The van der Waals surface area contributed by atoms with Gasteiger partial charge in [0.2, 0.25) is 0 Å². The molecule has 0 fully saturated rings. The highest BCUT2D eigenvalue weighted by molar-refractivity contribution is 6.88. The average Bonchev–Trinajstić information content (AvgIpc) is 2.02. The molecule has 1 rings (SSSR count). The number of carbonyl (C=O) groups excluding carboxylic acids is 1. The third-order valence-corrected chi connectivity index (χ3v) is 3.84. The van der Waals surface area contributed by atoms with Crippen LogP contribution in [0.2, 0.25) is 19.6 Å². The molecule has 0 aliphatic carbocycles. The lowest BCUT2D eigenvalue weighted by molar-refractivity contribution is 0.111. The van der Waals surface area contributed by atoms with Crippen molar-refractivity contribution in [1.82, 2.24) is 4.98 Å². The summed E-state index contributed by atoms with van der Waals surface area (Å²) in [5.41, 5.74) is -0.0834. The SMILES string of the molecule is C[Si](C)(C)c1ccnc(C=O)c1F. The largest absolute Gasteiger partial charge is 0.296 e. The standard InChI is InChI=1S/C9H12FNOSi/c1-13(2,3)8-4-5-11-7(6-12)9(8)10/h4-6H,1-3H3. The number of rotatable bonds is 2. The maximum atomic E-state index is 13.5. The minimum atomic E-state index is -1.70. The van der Waals surface area contributed by atoms with Crippen LogP contribution in [0.3, 0.4) is 0 Å². The molecule has 0 atom stereocenters.